The van der Waals surface area contributed by atoms with Crippen LogP contribution in [0.3, 0.4) is 0 Å². The number of hydrazine groups is 1. The van der Waals surface area contributed by atoms with Gasteiger partial charge in [0.05, 0.1) is 19.6 Å². The van der Waals surface area contributed by atoms with Gasteiger partial charge in [-0.1, -0.05) is 36.4 Å². The lowest BCUT2D eigenvalue weighted by Crippen LogP contribution is -2.48. The molecular weight excluding hydrogens is 390 g/mol. The van der Waals surface area contributed by atoms with Gasteiger partial charge in [0.1, 0.15) is 5.75 Å². The molecule has 154 valence electrons. The zero-order chi connectivity index (χ0) is 20.9. The van der Waals surface area contributed by atoms with Crippen LogP contribution in [0.5, 0.6) is 5.75 Å². The molecule has 2 aromatic carbocycles. The lowest BCUT2D eigenvalue weighted by molar-refractivity contribution is -0.122. The molecule has 0 bridgehead atoms. The number of ether oxygens (including phenoxy) is 2. The monoisotopic (exact) mass is 415 g/mol. The number of hydrogen-bond donors (Lipinski definition) is 3. The molecule has 0 aliphatic heterocycles. The molecule has 7 nitrogen and oxygen atoms in total. The highest BCUT2D eigenvalue weighted by molar-refractivity contribution is 7.80. The Kier molecular flexibility index (Phi) is 9.61. The van der Waals surface area contributed by atoms with Crippen LogP contribution in [0.15, 0.2) is 54.6 Å². The second kappa shape index (κ2) is 12.5. The van der Waals surface area contributed by atoms with E-state index < -0.39 is 5.91 Å². The van der Waals surface area contributed by atoms with E-state index in [1.54, 1.807) is 24.3 Å². The van der Waals surface area contributed by atoms with Gasteiger partial charge in [-0.25, -0.2) is 0 Å². The molecular formula is C21H25N3O4S. The van der Waals surface area contributed by atoms with E-state index in [1.807, 2.05) is 37.3 Å². The normalized spacial score (nSPS) is 10.1. The van der Waals surface area contributed by atoms with Crippen molar-refractivity contribution in [3.63, 3.8) is 0 Å². The molecule has 2 amide bonds. The summed E-state index contributed by atoms with van der Waals surface area (Å²) in [5, 5.41) is 2.50. The van der Waals surface area contributed by atoms with Crippen LogP contribution >= 0.6 is 12.2 Å². The molecule has 0 fully saturated rings. The van der Waals surface area contributed by atoms with Crippen molar-refractivity contribution in [1.29, 1.82) is 0 Å². The molecule has 2 aromatic rings. The van der Waals surface area contributed by atoms with E-state index in [4.69, 9.17) is 21.7 Å². The molecule has 0 saturated heterocycles. The van der Waals surface area contributed by atoms with Gasteiger partial charge in [-0.2, -0.15) is 0 Å². The van der Waals surface area contributed by atoms with Crippen molar-refractivity contribution in [3.05, 3.63) is 65.7 Å². The van der Waals surface area contributed by atoms with Gasteiger partial charge in [0.15, 0.2) is 5.11 Å². The summed E-state index contributed by atoms with van der Waals surface area (Å²) in [6.07, 6.45) is 0.966. The summed E-state index contributed by atoms with van der Waals surface area (Å²) in [6.45, 7) is 3.22. The standard InChI is InChI=1S/C21H25N3O4S/c1-2-27-13-12-19(25)23-24-21(29)22-20(26)17-9-6-10-18(15-17)28-14-11-16-7-4-3-5-8-16/h3-10,15H,2,11-14H2,1H3,(H,23,25)(H2,22,24,26,29). The molecule has 0 unspecified atom stereocenters. The van der Waals surface area contributed by atoms with E-state index in [2.05, 4.69) is 16.2 Å². The van der Waals surface area contributed by atoms with Gasteiger partial charge in [0.2, 0.25) is 5.91 Å². The largest absolute Gasteiger partial charge is 0.493 e. The van der Waals surface area contributed by atoms with Gasteiger partial charge in [-0.05, 0) is 42.9 Å². The third kappa shape index (κ3) is 8.71. The zero-order valence-corrected chi connectivity index (χ0v) is 17.1. The van der Waals surface area contributed by atoms with Crippen molar-refractivity contribution >= 4 is 29.1 Å². The van der Waals surface area contributed by atoms with Crippen LogP contribution in [0.4, 0.5) is 0 Å². The summed E-state index contributed by atoms with van der Waals surface area (Å²) in [6, 6.07) is 16.8. The number of thiocarbonyl (C=S) groups is 1. The Bertz CT molecular complexity index is 815. The van der Waals surface area contributed by atoms with Gasteiger partial charge in [0.25, 0.3) is 5.91 Å². The fraction of sp³-hybridized carbons (Fsp3) is 0.286. The van der Waals surface area contributed by atoms with Crippen LogP contribution in [0.1, 0.15) is 29.3 Å². The average Bonchev–Trinajstić information content (AvgIpc) is 2.73. The van der Waals surface area contributed by atoms with E-state index in [1.165, 1.54) is 5.56 Å². The third-order valence-electron chi connectivity index (χ3n) is 3.82. The highest BCUT2D eigenvalue weighted by Crippen LogP contribution is 2.14. The van der Waals surface area contributed by atoms with Crippen molar-refractivity contribution < 1.29 is 19.1 Å². The summed E-state index contributed by atoms with van der Waals surface area (Å²) >= 11 is 5.02. The summed E-state index contributed by atoms with van der Waals surface area (Å²) in [4.78, 5) is 23.9. The predicted molar refractivity (Wildman–Crippen MR) is 115 cm³/mol. The Morgan fingerprint density at radius 1 is 1.00 bits per heavy atom. The van der Waals surface area contributed by atoms with Gasteiger partial charge in [-0.3, -0.25) is 25.8 Å². The van der Waals surface area contributed by atoms with Crippen LogP contribution in [-0.4, -0.2) is 36.7 Å². The number of nitrogens with one attached hydrogen (secondary N) is 3. The fourth-order valence-corrected chi connectivity index (χ4v) is 2.51. The maximum atomic E-state index is 12.3. The van der Waals surface area contributed by atoms with E-state index in [0.29, 0.717) is 31.1 Å². The SMILES string of the molecule is CCOCCC(=O)NNC(=S)NC(=O)c1cccc(OCCc2ccccc2)c1. The van der Waals surface area contributed by atoms with Gasteiger partial charge >= 0.3 is 0 Å². The summed E-state index contributed by atoms with van der Waals surface area (Å²) in [5.41, 5.74) is 6.47. The topological polar surface area (TPSA) is 88.7 Å². The Labute approximate surface area is 175 Å². The molecule has 0 aliphatic carbocycles. The van der Waals surface area contributed by atoms with Crippen molar-refractivity contribution in [1.82, 2.24) is 16.2 Å². The third-order valence-corrected chi connectivity index (χ3v) is 4.02. The van der Waals surface area contributed by atoms with Crippen LogP contribution in [-0.2, 0) is 16.0 Å². The lowest BCUT2D eigenvalue weighted by Gasteiger charge is -2.11. The van der Waals surface area contributed by atoms with Gasteiger partial charge in [-0.15, -0.1) is 0 Å². The summed E-state index contributed by atoms with van der Waals surface area (Å²) < 4.78 is 10.8. The van der Waals surface area contributed by atoms with Crippen molar-refractivity contribution in [3.8, 4) is 5.75 Å². The molecule has 0 atom stereocenters. The van der Waals surface area contributed by atoms with Gasteiger partial charge < -0.3 is 9.47 Å². The van der Waals surface area contributed by atoms with E-state index in [-0.39, 0.29) is 17.4 Å². The van der Waals surface area contributed by atoms with E-state index in [0.717, 1.165) is 6.42 Å². The molecule has 0 heterocycles. The van der Waals surface area contributed by atoms with Crippen molar-refractivity contribution in [2.45, 2.75) is 19.8 Å². The Hall–Kier alpha value is -2.97. The number of amides is 2. The minimum absolute atomic E-state index is 0.00448. The Morgan fingerprint density at radius 3 is 2.55 bits per heavy atom. The molecule has 0 aromatic heterocycles. The molecule has 0 saturated carbocycles. The molecule has 0 aliphatic rings. The highest BCUT2D eigenvalue weighted by atomic mass is 32.1. The first-order valence-corrected chi connectivity index (χ1v) is 9.74. The Morgan fingerprint density at radius 2 is 1.79 bits per heavy atom. The highest BCUT2D eigenvalue weighted by Gasteiger charge is 2.10. The van der Waals surface area contributed by atoms with Crippen molar-refractivity contribution in [2.24, 2.45) is 0 Å². The first kappa shape index (κ1) is 22.3. The number of rotatable bonds is 9. The zero-order valence-electron chi connectivity index (χ0n) is 16.3. The van der Waals surface area contributed by atoms with Crippen LogP contribution in [0.2, 0.25) is 0 Å². The quantitative estimate of drug-likeness (QED) is 0.331. The number of carbonyl (C=O) groups excluding carboxylic acids is 2. The maximum Gasteiger partial charge on any atom is 0.257 e. The molecule has 29 heavy (non-hydrogen) atoms. The number of carbonyl (C=O) groups is 2. The number of hydrogen-bond acceptors (Lipinski definition) is 5. The molecule has 2 rings (SSSR count). The molecule has 8 heteroatoms. The van der Waals surface area contributed by atoms with Crippen LogP contribution < -0.4 is 20.9 Å². The number of benzene rings is 2. The lowest BCUT2D eigenvalue weighted by atomic mass is 10.2. The van der Waals surface area contributed by atoms with Crippen LogP contribution in [0, 0.1) is 0 Å². The predicted octanol–water partition coefficient (Wildman–Crippen LogP) is 2.37. The molecule has 3 N–H and O–H groups in total. The van der Waals surface area contributed by atoms with Crippen molar-refractivity contribution in [2.75, 3.05) is 19.8 Å². The Balaban J connectivity index is 1.76. The van der Waals surface area contributed by atoms with Gasteiger partial charge in [0, 0.05) is 18.6 Å². The summed E-state index contributed by atoms with van der Waals surface area (Å²) in [5.74, 6) is -0.0971. The fourth-order valence-electron chi connectivity index (χ4n) is 2.36. The second-order valence-electron chi connectivity index (χ2n) is 6.02. The first-order chi connectivity index (χ1) is 14.1. The maximum absolute atomic E-state index is 12.3. The van der Waals surface area contributed by atoms with E-state index in [9.17, 15) is 9.59 Å². The molecule has 0 spiro atoms. The van der Waals surface area contributed by atoms with E-state index >= 15 is 0 Å². The first-order valence-electron chi connectivity index (χ1n) is 9.33. The van der Waals surface area contributed by atoms with Crippen LogP contribution in [0.25, 0.3) is 0 Å². The molecule has 0 radical (unpaired) electrons. The smallest absolute Gasteiger partial charge is 0.257 e. The second-order valence-corrected chi connectivity index (χ2v) is 6.42. The minimum Gasteiger partial charge on any atom is -0.493 e. The summed E-state index contributed by atoms with van der Waals surface area (Å²) in [7, 11) is 0. The minimum atomic E-state index is -0.403. The average molecular weight is 416 g/mol.